The van der Waals surface area contributed by atoms with Crippen molar-refractivity contribution in [1.82, 2.24) is 15.1 Å². The summed E-state index contributed by atoms with van der Waals surface area (Å²) in [6.07, 6.45) is 0. The summed E-state index contributed by atoms with van der Waals surface area (Å²) in [5, 5.41) is 2.89. The molecule has 0 saturated carbocycles. The Morgan fingerprint density at radius 2 is 1.67 bits per heavy atom. The molecular weight excluding hydrogens is 342 g/mol. The molecule has 1 heterocycles. The van der Waals surface area contributed by atoms with Gasteiger partial charge in [0.2, 0.25) is 0 Å². The van der Waals surface area contributed by atoms with Crippen molar-refractivity contribution in [2.45, 2.75) is 6.54 Å². The van der Waals surface area contributed by atoms with Crippen molar-refractivity contribution < 1.29 is 14.3 Å². The maximum Gasteiger partial charge on any atom is 0.253 e. The molecule has 1 saturated heterocycles. The van der Waals surface area contributed by atoms with Gasteiger partial charge in [0.15, 0.2) is 0 Å². The largest absolute Gasteiger partial charge is 0.497 e. The third-order valence-electron chi connectivity index (χ3n) is 4.77. The van der Waals surface area contributed by atoms with Gasteiger partial charge in [-0.1, -0.05) is 18.2 Å². The van der Waals surface area contributed by atoms with Gasteiger partial charge in [-0.3, -0.25) is 9.59 Å². The van der Waals surface area contributed by atoms with Crippen LogP contribution in [-0.2, 0) is 6.54 Å². The lowest BCUT2D eigenvalue weighted by atomic mass is 10.1. The fourth-order valence-electron chi connectivity index (χ4n) is 3.01. The average molecular weight is 367 g/mol. The molecule has 3 rings (SSSR count). The van der Waals surface area contributed by atoms with E-state index in [9.17, 15) is 9.59 Å². The normalized spacial score (nSPS) is 14.7. The Morgan fingerprint density at radius 1 is 1.00 bits per heavy atom. The Morgan fingerprint density at radius 3 is 2.33 bits per heavy atom. The number of ether oxygens (including phenoxy) is 1. The monoisotopic (exact) mass is 367 g/mol. The number of likely N-dealkylation sites (N-methyl/N-ethyl adjacent to an activating group) is 1. The van der Waals surface area contributed by atoms with E-state index in [0.29, 0.717) is 30.8 Å². The van der Waals surface area contributed by atoms with Gasteiger partial charge in [-0.25, -0.2) is 0 Å². The second-order valence-corrected chi connectivity index (χ2v) is 6.71. The van der Waals surface area contributed by atoms with Gasteiger partial charge < -0.3 is 19.9 Å². The molecule has 0 bridgehead atoms. The molecule has 0 radical (unpaired) electrons. The van der Waals surface area contributed by atoms with Crippen LogP contribution in [-0.4, -0.2) is 62.0 Å². The quantitative estimate of drug-likeness (QED) is 0.878. The van der Waals surface area contributed by atoms with Crippen LogP contribution in [0.15, 0.2) is 48.5 Å². The third-order valence-corrected chi connectivity index (χ3v) is 4.77. The van der Waals surface area contributed by atoms with E-state index in [1.54, 1.807) is 31.4 Å². The van der Waals surface area contributed by atoms with Crippen LogP contribution in [0.5, 0.6) is 5.75 Å². The van der Waals surface area contributed by atoms with Gasteiger partial charge in [0.1, 0.15) is 5.75 Å². The Hall–Kier alpha value is -2.86. The molecule has 0 aliphatic carbocycles. The van der Waals surface area contributed by atoms with Gasteiger partial charge in [0.05, 0.1) is 7.11 Å². The molecule has 1 N–H and O–H groups in total. The van der Waals surface area contributed by atoms with Crippen molar-refractivity contribution in [3.05, 3.63) is 65.2 Å². The van der Waals surface area contributed by atoms with Crippen molar-refractivity contribution >= 4 is 11.8 Å². The van der Waals surface area contributed by atoms with Gasteiger partial charge in [-0.2, -0.15) is 0 Å². The molecule has 0 atom stereocenters. The predicted octanol–water partition coefficient (Wildman–Crippen LogP) is 2.01. The fraction of sp³-hybridized carbons (Fsp3) is 0.333. The first-order valence-corrected chi connectivity index (χ1v) is 9.06. The van der Waals surface area contributed by atoms with E-state index in [-0.39, 0.29) is 11.8 Å². The summed E-state index contributed by atoms with van der Waals surface area (Å²) >= 11 is 0. The summed E-state index contributed by atoms with van der Waals surface area (Å²) in [7, 11) is 3.67. The lowest BCUT2D eigenvalue weighted by Crippen LogP contribution is -2.47. The van der Waals surface area contributed by atoms with Crippen LogP contribution in [0.3, 0.4) is 0 Å². The zero-order chi connectivity index (χ0) is 19.2. The molecule has 6 heteroatoms. The first kappa shape index (κ1) is 18.9. The van der Waals surface area contributed by atoms with Crippen LogP contribution in [0, 0.1) is 0 Å². The van der Waals surface area contributed by atoms with Crippen LogP contribution < -0.4 is 10.1 Å². The van der Waals surface area contributed by atoms with Crippen molar-refractivity contribution in [2.24, 2.45) is 0 Å². The highest BCUT2D eigenvalue weighted by Crippen LogP contribution is 2.13. The molecule has 1 aliphatic rings. The van der Waals surface area contributed by atoms with Crippen LogP contribution in [0.2, 0.25) is 0 Å². The van der Waals surface area contributed by atoms with Crippen LogP contribution >= 0.6 is 0 Å². The summed E-state index contributed by atoms with van der Waals surface area (Å²) in [5.74, 6) is 0.562. The molecule has 6 nitrogen and oxygen atoms in total. The molecule has 27 heavy (non-hydrogen) atoms. The van der Waals surface area contributed by atoms with E-state index < -0.39 is 0 Å². The maximum atomic E-state index is 12.7. The fourth-order valence-corrected chi connectivity index (χ4v) is 3.01. The number of amides is 2. The van der Waals surface area contributed by atoms with Crippen molar-refractivity contribution in [1.29, 1.82) is 0 Å². The van der Waals surface area contributed by atoms with Gasteiger partial charge >= 0.3 is 0 Å². The van der Waals surface area contributed by atoms with E-state index in [1.165, 1.54) is 0 Å². The number of hydrogen-bond acceptors (Lipinski definition) is 4. The van der Waals surface area contributed by atoms with Gasteiger partial charge in [0, 0.05) is 43.9 Å². The minimum atomic E-state index is -0.196. The summed E-state index contributed by atoms with van der Waals surface area (Å²) in [5.41, 5.74) is 2.02. The number of methoxy groups -OCH3 is 1. The molecule has 2 aromatic rings. The highest BCUT2D eigenvalue weighted by Gasteiger charge is 2.21. The van der Waals surface area contributed by atoms with Crippen molar-refractivity contribution in [2.75, 3.05) is 40.3 Å². The van der Waals surface area contributed by atoms with Crippen LogP contribution in [0.25, 0.3) is 0 Å². The van der Waals surface area contributed by atoms with E-state index in [1.807, 2.05) is 29.2 Å². The standard InChI is InChI=1S/C21H25N3O3/c1-23-10-12-24(13-11-23)21(26)18-5-3-4-17(14-18)20(25)22-15-16-6-8-19(27-2)9-7-16/h3-9,14H,10-13,15H2,1-2H3,(H,22,25). The van der Waals surface area contributed by atoms with Gasteiger partial charge in [0.25, 0.3) is 11.8 Å². The molecule has 2 amide bonds. The topological polar surface area (TPSA) is 61.9 Å². The van der Waals surface area contributed by atoms with Gasteiger partial charge in [-0.15, -0.1) is 0 Å². The van der Waals surface area contributed by atoms with E-state index in [0.717, 1.165) is 24.4 Å². The molecule has 0 unspecified atom stereocenters. The number of hydrogen-bond donors (Lipinski definition) is 1. The maximum absolute atomic E-state index is 12.7. The number of nitrogens with zero attached hydrogens (tertiary/aromatic N) is 2. The molecule has 1 aliphatic heterocycles. The van der Waals surface area contributed by atoms with E-state index in [2.05, 4.69) is 17.3 Å². The van der Waals surface area contributed by atoms with E-state index >= 15 is 0 Å². The van der Waals surface area contributed by atoms with Crippen molar-refractivity contribution in [3.63, 3.8) is 0 Å². The van der Waals surface area contributed by atoms with E-state index in [4.69, 9.17) is 4.74 Å². The molecule has 1 fully saturated rings. The molecule has 2 aromatic carbocycles. The number of piperazine rings is 1. The average Bonchev–Trinajstić information content (AvgIpc) is 2.72. The molecule has 142 valence electrons. The highest BCUT2D eigenvalue weighted by molar-refractivity contribution is 5.99. The SMILES string of the molecule is COc1ccc(CNC(=O)c2cccc(C(=O)N3CCN(C)CC3)c2)cc1. The molecular formula is C21H25N3O3. The number of carbonyl (C=O) groups is 2. The van der Waals surface area contributed by atoms with Crippen molar-refractivity contribution in [3.8, 4) is 5.75 Å². The lowest BCUT2D eigenvalue weighted by molar-refractivity contribution is 0.0664. The number of rotatable bonds is 5. The van der Waals surface area contributed by atoms with Crippen LogP contribution in [0.1, 0.15) is 26.3 Å². The Kier molecular flexibility index (Phi) is 6.08. The summed E-state index contributed by atoms with van der Waals surface area (Å²) < 4.78 is 5.13. The number of carbonyl (C=O) groups excluding carboxylic acids is 2. The minimum absolute atomic E-state index is 0.0205. The summed E-state index contributed by atoms with van der Waals surface area (Å²) in [6, 6.07) is 14.5. The number of nitrogens with one attached hydrogen (secondary N) is 1. The second kappa shape index (κ2) is 8.68. The first-order chi connectivity index (χ1) is 13.1. The molecule has 0 aromatic heterocycles. The zero-order valence-electron chi connectivity index (χ0n) is 15.8. The Balaban J connectivity index is 1.61. The number of benzene rings is 2. The predicted molar refractivity (Wildman–Crippen MR) is 104 cm³/mol. The van der Waals surface area contributed by atoms with Gasteiger partial charge in [-0.05, 0) is 42.9 Å². The van der Waals surface area contributed by atoms with Crippen LogP contribution in [0.4, 0.5) is 0 Å². The Bertz CT molecular complexity index is 797. The minimum Gasteiger partial charge on any atom is -0.497 e. The highest BCUT2D eigenvalue weighted by atomic mass is 16.5. The third kappa shape index (κ3) is 4.86. The Labute approximate surface area is 159 Å². The lowest BCUT2D eigenvalue weighted by Gasteiger charge is -2.32. The smallest absolute Gasteiger partial charge is 0.253 e. The first-order valence-electron chi connectivity index (χ1n) is 9.06. The molecule has 0 spiro atoms. The summed E-state index contributed by atoms with van der Waals surface area (Å²) in [4.78, 5) is 29.2. The second-order valence-electron chi connectivity index (χ2n) is 6.71. The summed E-state index contributed by atoms with van der Waals surface area (Å²) in [6.45, 7) is 3.58. The zero-order valence-corrected chi connectivity index (χ0v) is 15.8.